The standard InChI is InChI=1S/C12H17N3O3/c1-7(2)9-5-8(12(17)18)6-11(15-9)14-4-3-10(13)16/h5-7H,3-4H2,1-2H3,(H2,13,16)(H,14,15)(H,17,18). The van der Waals surface area contributed by atoms with Crippen LogP contribution < -0.4 is 11.1 Å². The van der Waals surface area contributed by atoms with Crippen LogP contribution in [0.3, 0.4) is 0 Å². The van der Waals surface area contributed by atoms with Crippen molar-refractivity contribution >= 4 is 17.7 Å². The quantitative estimate of drug-likeness (QED) is 0.704. The zero-order valence-electron chi connectivity index (χ0n) is 10.4. The molecule has 6 heteroatoms. The number of amides is 1. The van der Waals surface area contributed by atoms with E-state index in [2.05, 4.69) is 10.3 Å². The first-order chi connectivity index (χ1) is 8.40. The lowest BCUT2D eigenvalue weighted by Crippen LogP contribution is -2.16. The molecule has 0 aliphatic carbocycles. The maximum absolute atomic E-state index is 11.0. The molecule has 0 aliphatic heterocycles. The SMILES string of the molecule is CC(C)c1cc(C(=O)O)cc(NCCC(N)=O)n1. The Bertz CT molecular complexity index is 458. The lowest BCUT2D eigenvalue weighted by Gasteiger charge is -2.10. The molecule has 1 heterocycles. The van der Waals surface area contributed by atoms with Crippen LogP contribution in [0.1, 0.15) is 42.2 Å². The van der Waals surface area contributed by atoms with Crippen LogP contribution in [0.25, 0.3) is 0 Å². The van der Waals surface area contributed by atoms with Crippen molar-refractivity contribution < 1.29 is 14.7 Å². The summed E-state index contributed by atoms with van der Waals surface area (Å²) >= 11 is 0. The van der Waals surface area contributed by atoms with Gasteiger partial charge in [-0.15, -0.1) is 0 Å². The van der Waals surface area contributed by atoms with E-state index in [-0.39, 0.29) is 17.9 Å². The summed E-state index contributed by atoms with van der Waals surface area (Å²) in [6.07, 6.45) is 0.177. The van der Waals surface area contributed by atoms with Crippen LogP contribution in [-0.4, -0.2) is 28.5 Å². The molecule has 1 amide bonds. The molecule has 0 aliphatic rings. The number of pyridine rings is 1. The molecule has 1 rings (SSSR count). The molecule has 4 N–H and O–H groups in total. The van der Waals surface area contributed by atoms with Gasteiger partial charge in [-0.05, 0) is 18.1 Å². The lowest BCUT2D eigenvalue weighted by atomic mass is 10.1. The van der Waals surface area contributed by atoms with Gasteiger partial charge in [0.1, 0.15) is 5.82 Å². The van der Waals surface area contributed by atoms with Crippen LogP contribution >= 0.6 is 0 Å². The van der Waals surface area contributed by atoms with Gasteiger partial charge >= 0.3 is 5.97 Å². The Labute approximate surface area is 105 Å². The largest absolute Gasteiger partial charge is 0.478 e. The molecule has 0 radical (unpaired) electrons. The molecular formula is C12H17N3O3. The van der Waals surface area contributed by atoms with Crippen molar-refractivity contribution in [2.45, 2.75) is 26.2 Å². The first-order valence-corrected chi connectivity index (χ1v) is 5.67. The number of carbonyl (C=O) groups excluding carboxylic acids is 1. The van der Waals surface area contributed by atoms with Crippen molar-refractivity contribution in [3.05, 3.63) is 23.4 Å². The molecule has 6 nitrogen and oxygen atoms in total. The van der Waals surface area contributed by atoms with E-state index in [0.29, 0.717) is 18.1 Å². The lowest BCUT2D eigenvalue weighted by molar-refractivity contribution is -0.117. The number of hydrogen-bond acceptors (Lipinski definition) is 4. The minimum atomic E-state index is -1.00. The molecule has 1 aromatic rings. The van der Waals surface area contributed by atoms with Crippen molar-refractivity contribution in [2.75, 3.05) is 11.9 Å². The summed E-state index contributed by atoms with van der Waals surface area (Å²) in [5.74, 6) is -0.848. The number of anilines is 1. The van der Waals surface area contributed by atoms with E-state index >= 15 is 0 Å². The fraction of sp³-hybridized carbons (Fsp3) is 0.417. The number of aromatic nitrogens is 1. The number of carbonyl (C=O) groups is 2. The molecule has 0 unspecified atom stereocenters. The van der Waals surface area contributed by atoms with Crippen molar-refractivity contribution in [1.82, 2.24) is 4.98 Å². The van der Waals surface area contributed by atoms with Gasteiger partial charge in [0.2, 0.25) is 5.91 Å². The number of hydrogen-bond donors (Lipinski definition) is 3. The number of nitrogens with two attached hydrogens (primary N) is 1. The van der Waals surface area contributed by atoms with Gasteiger partial charge in [0.25, 0.3) is 0 Å². The van der Waals surface area contributed by atoms with Crippen LogP contribution in [0.2, 0.25) is 0 Å². The van der Waals surface area contributed by atoms with Crippen LogP contribution in [0.4, 0.5) is 5.82 Å². The Hall–Kier alpha value is -2.11. The zero-order valence-corrected chi connectivity index (χ0v) is 10.4. The van der Waals surface area contributed by atoms with E-state index < -0.39 is 11.9 Å². The summed E-state index contributed by atoms with van der Waals surface area (Å²) < 4.78 is 0. The van der Waals surface area contributed by atoms with Gasteiger partial charge in [0.15, 0.2) is 0 Å². The van der Waals surface area contributed by atoms with Crippen molar-refractivity contribution in [1.29, 1.82) is 0 Å². The molecular weight excluding hydrogens is 234 g/mol. The molecule has 1 aromatic heterocycles. The number of carboxylic acid groups (broad SMARTS) is 1. The van der Waals surface area contributed by atoms with Gasteiger partial charge < -0.3 is 16.2 Å². The third-order valence-electron chi connectivity index (χ3n) is 2.36. The molecule has 0 bridgehead atoms. The highest BCUT2D eigenvalue weighted by Gasteiger charge is 2.10. The number of aromatic carboxylic acids is 1. The molecule has 0 fully saturated rings. The molecule has 18 heavy (non-hydrogen) atoms. The van der Waals surface area contributed by atoms with Crippen LogP contribution in [-0.2, 0) is 4.79 Å². The molecule has 0 saturated carbocycles. The number of carboxylic acids is 1. The van der Waals surface area contributed by atoms with Crippen molar-refractivity contribution in [3.63, 3.8) is 0 Å². The summed E-state index contributed by atoms with van der Waals surface area (Å²) in [5, 5.41) is 11.9. The van der Waals surface area contributed by atoms with Crippen LogP contribution in [0, 0.1) is 0 Å². The normalized spacial score (nSPS) is 10.4. The Balaban J connectivity index is 2.89. The van der Waals surface area contributed by atoms with Crippen molar-refractivity contribution in [2.24, 2.45) is 5.73 Å². The number of nitrogens with one attached hydrogen (secondary N) is 1. The minimum Gasteiger partial charge on any atom is -0.478 e. The smallest absolute Gasteiger partial charge is 0.335 e. The summed E-state index contributed by atoms with van der Waals surface area (Å²) in [7, 11) is 0. The first-order valence-electron chi connectivity index (χ1n) is 5.67. The highest BCUT2D eigenvalue weighted by atomic mass is 16.4. The average molecular weight is 251 g/mol. The summed E-state index contributed by atoms with van der Waals surface area (Å²) in [6.45, 7) is 4.20. The van der Waals surface area contributed by atoms with E-state index in [1.807, 2.05) is 13.8 Å². The predicted octanol–water partition coefficient (Wildman–Crippen LogP) is 1.19. The van der Waals surface area contributed by atoms with E-state index in [1.165, 1.54) is 6.07 Å². The Morgan fingerprint density at radius 1 is 1.44 bits per heavy atom. The summed E-state index contributed by atoms with van der Waals surface area (Å²) in [4.78, 5) is 25.9. The van der Waals surface area contributed by atoms with Crippen LogP contribution in [0.5, 0.6) is 0 Å². The average Bonchev–Trinajstić information content (AvgIpc) is 2.28. The third-order valence-corrected chi connectivity index (χ3v) is 2.36. The van der Waals surface area contributed by atoms with Crippen LogP contribution in [0.15, 0.2) is 12.1 Å². The molecule has 98 valence electrons. The summed E-state index contributed by atoms with van der Waals surface area (Å²) in [5.41, 5.74) is 5.89. The van der Waals surface area contributed by atoms with E-state index in [1.54, 1.807) is 6.07 Å². The molecule has 0 aromatic carbocycles. The fourth-order valence-electron chi connectivity index (χ4n) is 1.38. The summed E-state index contributed by atoms with van der Waals surface area (Å²) in [6, 6.07) is 2.99. The number of nitrogens with zero attached hydrogens (tertiary/aromatic N) is 1. The molecule has 0 saturated heterocycles. The minimum absolute atomic E-state index is 0.126. The number of rotatable bonds is 6. The molecule has 0 atom stereocenters. The highest BCUT2D eigenvalue weighted by molar-refractivity contribution is 5.88. The second kappa shape index (κ2) is 6.00. The maximum atomic E-state index is 11.0. The number of primary amides is 1. The maximum Gasteiger partial charge on any atom is 0.335 e. The van der Waals surface area contributed by atoms with Gasteiger partial charge in [-0.3, -0.25) is 4.79 Å². The Morgan fingerprint density at radius 2 is 2.11 bits per heavy atom. The predicted molar refractivity (Wildman–Crippen MR) is 67.6 cm³/mol. The fourth-order valence-corrected chi connectivity index (χ4v) is 1.38. The highest BCUT2D eigenvalue weighted by Crippen LogP contribution is 2.17. The van der Waals surface area contributed by atoms with Gasteiger partial charge in [0.05, 0.1) is 5.56 Å². The first kappa shape index (κ1) is 14.0. The Kier molecular flexibility index (Phi) is 4.65. The topological polar surface area (TPSA) is 105 Å². The third kappa shape index (κ3) is 4.04. The molecule has 0 spiro atoms. The van der Waals surface area contributed by atoms with Gasteiger partial charge in [-0.2, -0.15) is 0 Å². The van der Waals surface area contributed by atoms with Gasteiger partial charge in [-0.1, -0.05) is 13.8 Å². The van der Waals surface area contributed by atoms with E-state index in [0.717, 1.165) is 0 Å². The zero-order chi connectivity index (χ0) is 13.7. The monoisotopic (exact) mass is 251 g/mol. The Morgan fingerprint density at radius 3 is 2.61 bits per heavy atom. The van der Waals surface area contributed by atoms with E-state index in [9.17, 15) is 9.59 Å². The van der Waals surface area contributed by atoms with E-state index in [4.69, 9.17) is 10.8 Å². The van der Waals surface area contributed by atoms with Gasteiger partial charge in [-0.25, -0.2) is 9.78 Å². The van der Waals surface area contributed by atoms with Gasteiger partial charge in [0, 0.05) is 18.7 Å². The second-order valence-electron chi connectivity index (χ2n) is 4.27. The second-order valence-corrected chi connectivity index (χ2v) is 4.27. The van der Waals surface area contributed by atoms with Crippen molar-refractivity contribution in [3.8, 4) is 0 Å².